The molecule has 3 heterocycles. The molecule has 2 aliphatic rings. The van der Waals surface area contributed by atoms with Crippen molar-refractivity contribution < 1.29 is 32.9 Å². The molecule has 0 radical (unpaired) electrons. The molecule has 1 fully saturated rings. The van der Waals surface area contributed by atoms with Gasteiger partial charge in [0.1, 0.15) is 5.82 Å². The van der Waals surface area contributed by atoms with Crippen LogP contribution in [0.2, 0.25) is 0 Å². The summed E-state index contributed by atoms with van der Waals surface area (Å²) in [5.74, 6) is 0.929. The lowest BCUT2D eigenvalue weighted by Crippen LogP contribution is -2.72. The predicted octanol–water partition coefficient (Wildman–Crippen LogP) is 3.20. The molecule has 11 heteroatoms. The van der Waals surface area contributed by atoms with Gasteiger partial charge in [-0.1, -0.05) is 6.07 Å². The van der Waals surface area contributed by atoms with Crippen LogP contribution in [0, 0.1) is 5.92 Å². The van der Waals surface area contributed by atoms with Gasteiger partial charge < -0.3 is 29.0 Å². The molecule has 2 aliphatic heterocycles. The van der Waals surface area contributed by atoms with E-state index in [9.17, 15) is 9.18 Å². The van der Waals surface area contributed by atoms with Crippen LogP contribution in [0.25, 0.3) is 0 Å². The van der Waals surface area contributed by atoms with Crippen LogP contribution in [0.5, 0.6) is 11.5 Å². The average molecular weight is 519 g/mol. The van der Waals surface area contributed by atoms with Crippen LogP contribution in [0.15, 0.2) is 36.5 Å². The summed E-state index contributed by atoms with van der Waals surface area (Å²) in [5, 5.41) is 6.37. The van der Waals surface area contributed by atoms with Crippen molar-refractivity contribution in [3.8, 4) is 11.5 Å². The van der Waals surface area contributed by atoms with Crippen molar-refractivity contribution in [2.75, 3.05) is 33.2 Å². The van der Waals surface area contributed by atoms with E-state index >= 15 is 0 Å². The Morgan fingerprint density at radius 2 is 1.95 bits per heavy atom. The highest BCUT2D eigenvalue weighted by Crippen LogP contribution is 2.41. The molecule has 0 bridgehead atoms. The zero-order valence-electron chi connectivity index (χ0n) is 22.0. The molecule has 4 rings (SSSR count). The van der Waals surface area contributed by atoms with Crippen molar-refractivity contribution in [2.24, 2.45) is 5.92 Å². The number of alkyl halides is 1. The van der Waals surface area contributed by atoms with Gasteiger partial charge >= 0.3 is 6.04 Å². The van der Waals surface area contributed by atoms with Gasteiger partial charge in [0.15, 0.2) is 24.1 Å². The number of aromatic nitrogens is 1. The van der Waals surface area contributed by atoms with Crippen molar-refractivity contribution in [2.45, 2.75) is 58.0 Å². The highest BCUT2D eigenvalue weighted by Gasteiger charge is 2.55. The Kier molecular flexibility index (Phi) is 8.17. The highest BCUT2D eigenvalue weighted by atomic mass is 19.2. The number of carbonyl (C=O) groups is 1. The molecule has 202 valence electrons. The van der Waals surface area contributed by atoms with Crippen molar-refractivity contribution in [1.82, 2.24) is 15.2 Å². The van der Waals surface area contributed by atoms with Gasteiger partial charge in [-0.2, -0.15) is 4.39 Å². The topological polar surface area (TPSA) is 103 Å². The number of hydrogen-bond donors (Lipinski definition) is 2. The molecule has 0 aliphatic carbocycles. The molecule has 1 aromatic heterocycles. The maximum Gasteiger partial charge on any atom is 0.404 e. The zero-order valence-corrected chi connectivity index (χ0v) is 22.0. The Bertz CT molecular complexity index is 1100. The predicted molar refractivity (Wildman–Crippen MR) is 134 cm³/mol. The number of fused-ring (bicyclic) bond motifs is 1. The molecule has 1 saturated heterocycles. The molecular weight excluding hydrogens is 483 g/mol. The number of benzene rings is 1. The van der Waals surface area contributed by atoms with Crippen LogP contribution in [-0.4, -0.2) is 68.4 Å². The summed E-state index contributed by atoms with van der Waals surface area (Å²) in [6, 6.07) is 6.14. The first-order chi connectivity index (χ1) is 17.7. The van der Waals surface area contributed by atoms with E-state index < -0.39 is 24.7 Å². The summed E-state index contributed by atoms with van der Waals surface area (Å²) < 4.78 is 41.7. The Labute approximate surface area is 216 Å². The van der Waals surface area contributed by atoms with Gasteiger partial charge in [-0.3, -0.25) is 15.0 Å². The molecule has 5 unspecified atom stereocenters. The maximum absolute atomic E-state index is 14.1. The first-order valence-corrected chi connectivity index (χ1v) is 12.3. The SMILES string of the molecule is CCOC(OC)C1[C@@H](Cc2ccnc(NC)c2)C(=O)N1C(NC(C)c1ccc2c(c1)OC(C)(F)O2)OC. The average Bonchev–Trinajstić information content (AvgIpc) is 3.21. The number of halogens is 1. The van der Waals surface area contributed by atoms with E-state index in [1.165, 1.54) is 14.0 Å². The smallest absolute Gasteiger partial charge is 0.404 e. The van der Waals surface area contributed by atoms with Gasteiger partial charge in [0.05, 0.1) is 12.0 Å². The first-order valence-electron chi connectivity index (χ1n) is 12.3. The summed E-state index contributed by atoms with van der Waals surface area (Å²) in [6.07, 6.45) is 0.816. The minimum atomic E-state index is -2.20. The number of rotatable bonds is 12. The fraction of sp³-hybridized carbons (Fsp3) is 0.538. The summed E-state index contributed by atoms with van der Waals surface area (Å²) in [5.41, 5.74) is 1.79. The molecule has 0 spiro atoms. The van der Waals surface area contributed by atoms with Crippen LogP contribution >= 0.6 is 0 Å². The highest BCUT2D eigenvalue weighted by molar-refractivity contribution is 5.86. The minimum absolute atomic E-state index is 0.0833. The number of nitrogens with zero attached hydrogens (tertiary/aromatic N) is 2. The molecule has 0 saturated carbocycles. The molecule has 1 amide bonds. The van der Waals surface area contributed by atoms with Crippen LogP contribution < -0.4 is 20.1 Å². The number of hydrogen-bond acceptors (Lipinski definition) is 9. The summed E-state index contributed by atoms with van der Waals surface area (Å²) in [7, 11) is 4.89. The van der Waals surface area contributed by atoms with E-state index in [-0.39, 0.29) is 17.9 Å². The Balaban J connectivity index is 1.53. The van der Waals surface area contributed by atoms with Crippen molar-refractivity contribution in [1.29, 1.82) is 0 Å². The van der Waals surface area contributed by atoms with Gasteiger partial charge in [-0.25, -0.2) is 4.98 Å². The third-order valence-electron chi connectivity index (χ3n) is 6.60. The molecule has 10 nitrogen and oxygen atoms in total. The molecule has 2 aromatic rings. The van der Waals surface area contributed by atoms with E-state index in [1.54, 1.807) is 37.4 Å². The van der Waals surface area contributed by atoms with Crippen molar-refractivity contribution in [3.63, 3.8) is 0 Å². The Morgan fingerprint density at radius 1 is 1.19 bits per heavy atom. The van der Waals surface area contributed by atoms with E-state index in [4.69, 9.17) is 23.7 Å². The van der Waals surface area contributed by atoms with Gasteiger partial charge in [0.25, 0.3) is 0 Å². The Hall–Kier alpha value is -2.99. The van der Waals surface area contributed by atoms with Gasteiger partial charge in [-0.05, 0) is 55.7 Å². The van der Waals surface area contributed by atoms with Crippen molar-refractivity contribution >= 4 is 11.7 Å². The van der Waals surface area contributed by atoms with E-state index in [2.05, 4.69) is 15.6 Å². The summed E-state index contributed by atoms with van der Waals surface area (Å²) >= 11 is 0. The maximum atomic E-state index is 14.1. The normalized spacial score (nSPS) is 24.9. The number of carbonyl (C=O) groups excluding carboxylic acids is 1. The zero-order chi connectivity index (χ0) is 26.7. The molecule has 37 heavy (non-hydrogen) atoms. The fourth-order valence-electron chi connectivity index (χ4n) is 4.80. The second-order valence-electron chi connectivity index (χ2n) is 9.13. The molecule has 2 N–H and O–H groups in total. The number of β-lactam (4-membered cyclic amide) rings is 1. The van der Waals surface area contributed by atoms with Crippen LogP contribution in [0.3, 0.4) is 0 Å². The van der Waals surface area contributed by atoms with E-state index in [0.717, 1.165) is 16.9 Å². The number of amides is 1. The largest absolute Gasteiger partial charge is 0.423 e. The van der Waals surface area contributed by atoms with Crippen LogP contribution in [0.4, 0.5) is 10.2 Å². The lowest BCUT2D eigenvalue weighted by molar-refractivity contribution is -0.237. The third-order valence-corrected chi connectivity index (χ3v) is 6.60. The van der Waals surface area contributed by atoms with Crippen molar-refractivity contribution in [3.05, 3.63) is 47.7 Å². The minimum Gasteiger partial charge on any atom is -0.423 e. The quantitative estimate of drug-likeness (QED) is 0.324. The number of methoxy groups -OCH3 is 2. The van der Waals surface area contributed by atoms with E-state index in [0.29, 0.717) is 24.5 Å². The summed E-state index contributed by atoms with van der Waals surface area (Å²) in [6.45, 7) is 5.43. The second-order valence-corrected chi connectivity index (χ2v) is 9.13. The summed E-state index contributed by atoms with van der Waals surface area (Å²) in [4.78, 5) is 19.4. The number of likely N-dealkylation sites (tertiary alicyclic amines) is 1. The number of anilines is 1. The third kappa shape index (κ3) is 5.64. The number of ether oxygens (including phenoxy) is 5. The number of pyridine rings is 1. The standard InChI is InChI=1S/C26H35FN4O6/c1-7-35-24(33-5)22-18(12-16-10-11-29-21(13-16)28-4)23(32)31(22)25(34-6)30-15(2)17-8-9-19-20(14-17)37-26(3,27)36-19/h8-11,13-15,18,22,24-25,30H,7,12H2,1-6H3,(H,28,29)/t15?,18-,22?,24?,25?,26?/m1/s1. The molecular formula is C26H35FN4O6. The Morgan fingerprint density at radius 3 is 2.62 bits per heavy atom. The van der Waals surface area contributed by atoms with Gasteiger partial charge in [0.2, 0.25) is 5.91 Å². The molecule has 6 atom stereocenters. The van der Waals surface area contributed by atoms with E-state index in [1.807, 2.05) is 32.0 Å². The fourth-order valence-corrected chi connectivity index (χ4v) is 4.80. The second kappa shape index (κ2) is 11.2. The molecule has 1 aromatic carbocycles. The monoisotopic (exact) mass is 518 g/mol. The van der Waals surface area contributed by atoms with Gasteiger partial charge in [-0.15, -0.1) is 0 Å². The van der Waals surface area contributed by atoms with Crippen LogP contribution in [-0.2, 0) is 25.4 Å². The number of nitrogens with one attached hydrogen (secondary N) is 2. The lowest BCUT2D eigenvalue weighted by Gasteiger charge is -2.52. The first kappa shape index (κ1) is 27.1. The lowest BCUT2D eigenvalue weighted by atomic mass is 9.82. The van der Waals surface area contributed by atoms with Gasteiger partial charge in [0, 0.05) is 47.0 Å². The van der Waals surface area contributed by atoms with Crippen LogP contribution in [0.1, 0.15) is 37.9 Å².